The molecule has 4 heteroatoms. The molecule has 1 aromatic heterocycles. The Morgan fingerprint density at radius 2 is 2.00 bits per heavy atom. The van der Waals surface area contributed by atoms with Gasteiger partial charge in [-0.1, -0.05) is 32.0 Å². The second-order valence-electron chi connectivity index (χ2n) is 7.88. The maximum absolute atomic E-state index is 5.58. The summed E-state index contributed by atoms with van der Waals surface area (Å²) in [6, 6.07) is 6.99. The van der Waals surface area contributed by atoms with Crippen molar-refractivity contribution in [3.8, 4) is 0 Å². The number of nitrogens with one attached hydrogen (secondary N) is 1. The van der Waals surface area contributed by atoms with Gasteiger partial charge in [-0.25, -0.2) is 0 Å². The molecule has 0 amide bonds. The van der Waals surface area contributed by atoms with Crippen LogP contribution < -0.4 is 5.32 Å². The molecule has 3 aliphatic heterocycles. The van der Waals surface area contributed by atoms with Crippen LogP contribution in [0.5, 0.6) is 0 Å². The number of benzene rings is 1. The Kier molecular flexibility index (Phi) is 3.19. The third-order valence-corrected chi connectivity index (χ3v) is 5.32. The highest BCUT2D eigenvalue weighted by Crippen LogP contribution is 2.33. The van der Waals surface area contributed by atoms with Crippen molar-refractivity contribution in [3.05, 3.63) is 23.8 Å². The minimum Gasteiger partial charge on any atom is -0.362 e. The Morgan fingerprint density at radius 1 is 1.23 bits per heavy atom. The number of nitrogens with zero attached hydrogens (tertiary/aromatic N) is 2. The molecule has 0 saturated carbocycles. The number of hydrogen-bond donors (Lipinski definition) is 1. The quantitative estimate of drug-likeness (QED) is 0.919. The van der Waals surface area contributed by atoms with Gasteiger partial charge < -0.3 is 14.7 Å². The van der Waals surface area contributed by atoms with Crippen molar-refractivity contribution in [2.45, 2.75) is 45.1 Å². The van der Waals surface area contributed by atoms with Crippen LogP contribution in [0, 0.1) is 5.92 Å². The summed E-state index contributed by atoms with van der Waals surface area (Å²) >= 11 is 0. The summed E-state index contributed by atoms with van der Waals surface area (Å²) < 4.78 is 5.58. The number of aromatic nitrogens is 1. The van der Waals surface area contributed by atoms with Crippen LogP contribution in [0.3, 0.4) is 0 Å². The number of anilines is 1. The van der Waals surface area contributed by atoms with Crippen molar-refractivity contribution in [2.24, 2.45) is 5.92 Å². The molecule has 2 aromatic rings. The SMILES string of the molecule is CC(C)(C)c1ccc2c(N[C@@H]3CN4CCC3CC4)noc2c1. The predicted molar refractivity (Wildman–Crippen MR) is 89.3 cm³/mol. The second-order valence-corrected chi connectivity index (χ2v) is 7.88. The van der Waals surface area contributed by atoms with Crippen LogP contribution in [0.25, 0.3) is 11.0 Å². The molecule has 0 aliphatic carbocycles. The summed E-state index contributed by atoms with van der Waals surface area (Å²) in [6.07, 6.45) is 2.61. The Bertz CT molecular complexity index is 677. The highest BCUT2D eigenvalue weighted by Gasteiger charge is 2.34. The highest BCUT2D eigenvalue weighted by molar-refractivity contribution is 5.88. The summed E-state index contributed by atoms with van der Waals surface area (Å²) in [6.45, 7) is 10.3. The summed E-state index contributed by atoms with van der Waals surface area (Å²) in [5.41, 5.74) is 2.30. The van der Waals surface area contributed by atoms with E-state index in [2.05, 4.69) is 54.3 Å². The molecule has 1 atom stereocenters. The van der Waals surface area contributed by atoms with Gasteiger partial charge in [-0.15, -0.1) is 0 Å². The zero-order valence-electron chi connectivity index (χ0n) is 13.7. The Balaban J connectivity index is 1.60. The van der Waals surface area contributed by atoms with Crippen LogP contribution in [-0.2, 0) is 5.41 Å². The zero-order valence-corrected chi connectivity index (χ0v) is 13.7. The molecule has 3 fully saturated rings. The van der Waals surface area contributed by atoms with E-state index in [-0.39, 0.29) is 5.41 Å². The van der Waals surface area contributed by atoms with E-state index in [4.69, 9.17) is 4.52 Å². The third kappa shape index (κ3) is 2.39. The van der Waals surface area contributed by atoms with E-state index in [1.807, 2.05) is 0 Å². The van der Waals surface area contributed by atoms with Crippen molar-refractivity contribution < 1.29 is 4.52 Å². The number of piperidine rings is 3. The van der Waals surface area contributed by atoms with Crippen LogP contribution in [0.2, 0.25) is 0 Å². The average Bonchev–Trinajstić information content (AvgIpc) is 2.90. The molecule has 3 saturated heterocycles. The Labute approximate surface area is 131 Å². The summed E-state index contributed by atoms with van der Waals surface area (Å²) in [5, 5.41) is 9.04. The fourth-order valence-corrected chi connectivity index (χ4v) is 3.81. The molecule has 2 bridgehead atoms. The molecule has 22 heavy (non-hydrogen) atoms. The molecule has 0 spiro atoms. The lowest BCUT2D eigenvalue weighted by molar-refractivity contribution is 0.0973. The van der Waals surface area contributed by atoms with Crippen molar-refractivity contribution in [2.75, 3.05) is 25.0 Å². The average molecular weight is 299 g/mol. The molecule has 3 aliphatic rings. The zero-order chi connectivity index (χ0) is 15.3. The standard InChI is InChI=1S/C18H25N3O/c1-18(2,3)13-4-5-14-16(10-13)22-20-17(14)19-15-11-21-8-6-12(15)7-9-21/h4-5,10,12,15H,6-9,11H2,1-3H3,(H,19,20)/t15-/m1/s1. The Hall–Kier alpha value is -1.55. The van der Waals surface area contributed by atoms with E-state index in [1.54, 1.807) is 0 Å². The molecule has 1 N–H and O–H groups in total. The van der Waals surface area contributed by atoms with E-state index in [0.29, 0.717) is 6.04 Å². The predicted octanol–water partition coefficient (Wildman–Crippen LogP) is 3.63. The van der Waals surface area contributed by atoms with Crippen LogP contribution in [0.4, 0.5) is 5.82 Å². The molecular formula is C18H25N3O. The lowest BCUT2D eigenvalue weighted by Gasteiger charge is -2.44. The molecule has 0 unspecified atom stereocenters. The normalized spacial score (nSPS) is 28.2. The summed E-state index contributed by atoms with van der Waals surface area (Å²) in [5.74, 6) is 1.69. The fourth-order valence-electron chi connectivity index (χ4n) is 3.81. The van der Waals surface area contributed by atoms with Gasteiger partial charge in [-0.3, -0.25) is 0 Å². The topological polar surface area (TPSA) is 41.3 Å². The van der Waals surface area contributed by atoms with E-state index in [0.717, 1.165) is 29.2 Å². The molecular weight excluding hydrogens is 274 g/mol. The number of hydrogen-bond acceptors (Lipinski definition) is 4. The fraction of sp³-hybridized carbons (Fsp3) is 0.611. The van der Waals surface area contributed by atoms with Crippen molar-refractivity contribution >= 4 is 16.8 Å². The summed E-state index contributed by atoms with van der Waals surface area (Å²) in [7, 11) is 0. The first-order valence-electron chi connectivity index (χ1n) is 8.39. The highest BCUT2D eigenvalue weighted by atomic mass is 16.5. The van der Waals surface area contributed by atoms with Crippen LogP contribution in [0.1, 0.15) is 39.2 Å². The maximum Gasteiger partial charge on any atom is 0.177 e. The van der Waals surface area contributed by atoms with Crippen LogP contribution in [0.15, 0.2) is 22.7 Å². The van der Waals surface area contributed by atoms with Gasteiger partial charge in [0, 0.05) is 12.6 Å². The van der Waals surface area contributed by atoms with Gasteiger partial charge in [0.2, 0.25) is 0 Å². The first-order valence-corrected chi connectivity index (χ1v) is 8.39. The molecule has 4 nitrogen and oxygen atoms in total. The van der Waals surface area contributed by atoms with E-state index in [1.165, 1.54) is 31.5 Å². The number of fused-ring (bicyclic) bond motifs is 4. The van der Waals surface area contributed by atoms with Gasteiger partial charge in [0.15, 0.2) is 11.4 Å². The minimum absolute atomic E-state index is 0.129. The number of rotatable bonds is 2. The molecule has 4 heterocycles. The maximum atomic E-state index is 5.58. The van der Waals surface area contributed by atoms with Crippen LogP contribution >= 0.6 is 0 Å². The van der Waals surface area contributed by atoms with Crippen molar-refractivity contribution in [1.82, 2.24) is 10.1 Å². The lowest BCUT2D eigenvalue weighted by Crippen LogP contribution is -2.53. The first kappa shape index (κ1) is 14.1. The molecule has 5 rings (SSSR count). The van der Waals surface area contributed by atoms with E-state index < -0.39 is 0 Å². The second kappa shape index (κ2) is 4.98. The van der Waals surface area contributed by atoms with E-state index in [9.17, 15) is 0 Å². The van der Waals surface area contributed by atoms with E-state index >= 15 is 0 Å². The van der Waals surface area contributed by atoms with Gasteiger partial charge in [-0.2, -0.15) is 0 Å². The molecule has 1 aromatic carbocycles. The Morgan fingerprint density at radius 3 is 2.64 bits per heavy atom. The molecule has 0 radical (unpaired) electrons. The van der Waals surface area contributed by atoms with Gasteiger partial charge in [-0.05, 0) is 55.0 Å². The minimum atomic E-state index is 0.129. The van der Waals surface area contributed by atoms with Gasteiger partial charge in [0.25, 0.3) is 0 Å². The largest absolute Gasteiger partial charge is 0.362 e. The first-order chi connectivity index (χ1) is 10.5. The summed E-state index contributed by atoms with van der Waals surface area (Å²) in [4.78, 5) is 2.55. The van der Waals surface area contributed by atoms with Gasteiger partial charge >= 0.3 is 0 Å². The van der Waals surface area contributed by atoms with Crippen LogP contribution in [-0.4, -0.2) is 35.7 Å². The molecule has 118 valence electrons. The van der Waals surface area contributed by atoms with Crippen molar-refractivity contribution in [3.63, 3.8) is 0 Å². The lowest BCUT2D eigenvalue weighted by atomic mass is 9.84. The smallest absolute Gasteiger partial charge is 0.177 e. The van der Waals surface area contributed by atoms with Crippen molar-refractivity contribution in [1.29, 1.82) is 0 Å². The monoisotopic (exact) mass is 299 g/mol. The third-order valence-electron chi connectivity index (χ3n) is 5.32. The van der Waals surface area contributed by atoms with Gasteiger partial charge in [0.1, 0.15) is 0 Å². The van der Waals surface area contributed by atoms with Gasteiger partial charge in [0.05, 0.1) is 5.39 Å².